The molecule has 2 N–H and O–H groups in total. The van der Waals surface area contributed by atoms with Crippen molar-refractivity contribution in [3.05, 3.63) is 23.9 Å². The molecule has 1 aliphatic rings. The van der Waals surface area contributed by atoms with Crippen LogP contribution in [0.1, 0.15) is 18.4 Å². The first-order valence-electron chi connectivity index (χ1n) is 5.22. The van der Waals surface area contributed by atoms with Crippen LogP contribution in [-0.2, 0) is 4.79 Å². The van der Waals surface area contributed by atoms with Crippen LogP contribution >= 0.6 is 0 Å². The van der Waals surface area contributed by atoms with Crippen molar-refractivity contribution < 1.29 is 4.79 Å². The molecule has 1 fully saturated rings. The Morgan fingerprint density at radius 3 is 3.20 bits per heavy atom. The number of aromatic nitrogens is 1. The molecule has 0 radical (unpaired) electrons. The minimum atomic E-state index is -0.0488. The number of carbonyl (C=O) groups excluding carboxylic acids is 1. The predicted octanol–water partition coefficient (Wildman–Crippen LogP) is 1.08. The van der Waals surface area contributed by atoms with E-state index in [1.165, 1.54) is 0 Å². The maximum atomic E-state index is 11.7. The zero-order valence-corrected chi connectivity index (χ0v) is 8.79. The van der Waals surface area contributed by atoms with E-state index in [2.05, 4.69) is 15.6 Å². The molecule has 1 saturated heterocycles. The molecule has 4 heteroatoms. The van der Waals surface area contributed by atoms with Crippen molar-refractivity contribution in [2.24, 2.45) is 0 Å². The van der Waals surface area contributed by atoms with Gasteiger partial charge < -0.3 is 10.6 Å². The molecule has 4 nitrogen and oxygen atoms in total. The summed E-state index contributed by atoms with van der Waals surface area (Å²) in [6, 6.07) is 3.73. The minimum Gasteiger partial charge on any atom is -0.309 e. The lowest BCUT2D eigenvalue weighted by Crippen LogP contribution is -2.35. The summed E-state index contributed by atoms with van der Waals surface area (Å²) in [6.45, 7) is 2.91. The number of hydrogen-bond donors (Lipinski definition) is 2. The Morgan fingerprint density at radius 2 is 2.53 bits per heavy atom. The summed E-state index contributed by atoms with van der Waals surface area (Å²) >= 11 is 0. The van der Waals surface area contributed by atoms with Gasteiger partial charge in [-0.15, -0.1) is 0 Å². The van der Waals surface area contributed by atoms with Crippen LogP contribution in [0.5, 0.6) is 0 Å². The van der Waals surface area contributed by atoms with Crippen LogP contribution < -0.4 is 10.6 Å². The first-order valence-corrected chi connectivity index (χ1v) is 5.22. The number of aryl methyl sites for hydroxylation is 1. The van der Waals surface area contributed by atoms with Crippen molar-refractivity contribution in [2.45, 2.75) is 25.8 Å². The summed E-state index contributed by atoms with van der Waals surface area (Å²) in [5, 5.41) is 5.96. The summed E-state index contributed by atoms with van der Waals surface area (Å²) in [6.07, 6.45) is 3.68. The molecule has 1 aliphatic heterocycles. The molecule has 0 bridgehead atoms. The predicted molar refractivity (Wildman–Crippen MR) is 58.6 cm³/mol. The van der Waals surface area contributed by atoms with E-state index >= 15 is 0 Å². The van der Waals surface area contributed by atoms with Crippen LogP contribution in [-0.4, -0.2) is 23.5 Å². The number of anilines is 1. The van der Waals surface area contributed by atoms with E-state index in [-0.39, 0.29) is 11.9 Å². The fraction of sp³-hybridized carbons (Fsp3) is 0.455. The van der Waals surface area contributed by atoms with Crippen LogP contribution in [0.4, 0.5) is 5.82 Å². The summed E-state index contributed by atoms with van der Waals surface area (Å²) < 4.78 is 0. The Balaban J connectivity index is 1.99. The SMILES string of the molecule is Cc1ccnc(NC(=O)[C@H]2CCCN2)c1. The summed E-state index contributed by atoms with van der Waals surface area (Å²) in [5.74, 6) is 0.652. The molecule has 0 aliphatic carbocycles. The van der Waals surface area contributed by atoms with Gasteiger partial charge in [0.25, 0.3) is 0 Å². The molecular weight excluding hydrogens is 190 g/mol. The van der Waals surface area contributed by atoms with E-state index in [9.17, 15) is 4.79 Å². The van der Waals surface area contributed by atoms with Gasteiger partial charge in [0.05, 0.1) is 6.04 Å². The van der Waals surface area contributed by atoms with Crippen molar-refractivity contribution in [2.75, 3.05) is 11.9 Å². The average Bonchev–Trinajstić information content (AvgIpc) is 2.70. The second-order valence-electron chi connectivity index (χ2n) is 3.86. The van der Waals surface area contributed by atoms with Gasteiger partial charge >= 0.3 is 0 Å². The van der Waals surface area contributed by atoms with Gasteiger partial charge in [-0.2, -0.15) is 0 Å². The molecule has 0 unspecified atom stereocenters. The number of carbonyl (C=O) groups is 1. The molecule has 0 aromatic carbocycles. The molecule has 1 amide bonds. The van der Waals surface area contributed by atoms with Gasteiger partial charge in [-0.3, -0.25) is 4.79 Å². The number of amides is 1. The van der Waals surface area contributed by atoms with Crippen LogP contribution in [0.25, 0.3) is 0 Å². The highest BCUT2D eigenvalue weighted by molar-refractivity contribution is 5.94. The van der Waals surface area contributed by atoms with E-state index in [1.807, 2.05) is 19.1 Å². The third-order valence-electron chi connectivity index (χ3n) is 2.54. The van der Waals surface area contributed by atoms with E-state index in [1.54, 1.807) is 6.20 Å². The zero-order chi connectivity index (χ0) is 10.7. The smallest absolute Gasteiger partial charge is 0.242 e. The molecule has 80 valence electrons. The fourth-order valence-electron chi connectivity index (χ4n) is 1.73. The third kappa shape index (κ3) is 2.53. The fourth-order valence-corrected chi connectivity index (χ4v) is 1.73. The maximum Gasteiger partial charge on any atom is 0.242 e. The van der Waals surface area contributed by atoms with Crippen molar-refractivity contribution in [3.8, 4) is 0 Å². The van der Waals surface area contributed by atoms with Crippen LogP contribution in [0, 0.1) is 6.92 Å². The van der Waals surface area contributed by atoms with E-state index in [0.29, 0.717) is 5.82 Å². The Bertz CT molecular complexity index is 359. The van der Waals surface area contributed by atoms with Crippen LogP contribution in [0.15, 0.2) is 18.3 Å². The monoisotopic (exact) mass is 205 g/mol. The highest BCUT2D eigenvalue weighted by Gasteiger charge is 2.21. The van der Waals surface area contributed by atoms with Gasteiger partial charge in [0.1, 0.15) is 5.82 Å². The average molecular weight is 205 g/mol. The quantitative estimate of drug-likeness (QED) is 0.759. The van der Waals surface area contributed by atoms with Crippen molar-refractivity contribution in [3.63, 3.8) is 0 Å². The second-order valence-corrected chi connectivity index (χ2v) is 3.86. The minimum absolute atomic E-state index is 0.0191. The van der Waals surface area contributed by atoms with Crippen molar-refractivity contribution in [1.82, 2.24) is 10.3 Å². The van der Waals surface area contributed by atoms with E-state index in [0.717, 1.165) is 24.9 Å². The molecule has 0 spiro atoms. The zero-order valence-electron chi connectivity index (χ0n) is 8.79. The lowest BCUT2D eigenvalue weighted by molar-refractivity contribution is -0.117. The Hall–Kier alpha value is -1.42. The first kappa shape index (κ1) is 10.1. The van der Waals surface area contributed by atoms with Gasteiger partial charge in [0.15, 0.2) is 0 Å². The Kier molecular flexibility index (Phi) is 2.97. The lowest BCUT2D eigenvalue weighted by atomic mass is 10.2. The maximum absolute atomic E-state index is 11.7. The standard InChI is InChI=1S/C11H15N3O/c1-8-4-6-13-10(7-8)14-11(15)9-3-2-5-12-9/h4,6-7,9,12H,2-3,5H2,1H3,(H,13,14,15)/t9-/m1/s1. The highest BCUT2D eigenvalue weighted by atomic mass is 16.2. The Morgan fingerprint density at radius 1 is 1.67 bits per heavy atom. The molecule has 15 heavy (non-hydrogen) atoms. The third-order valence-corrected chi connectivity index (χ3v) is 2.54. The largest absolute Gasteiger partial charge is 0.309 e. The number of hydrogen-bond acceptors (Lipinski definition) is 3. The van der Waals surface area contributed by atoms with Gasteiger partial charge in [-0.1, -0.05) is 0 Å². The summed E-state index contributed by atoms with van der Waals surface area (Å²) in [5.41, 5.74) is 1.10. The highest BCUT2D eigenvalue weighted by Crippen LogP contribution is 2.09. The van der Waals surface area contributed by atoms with Gasteiger partial charge in [-0.25, -0.2) is 4.98 Å². The Labute approximate surface area is 89.1 Å². The molecule has 1 aromatic rings. The molecule has 0 saturated carbocycles. The first-order chi connectivity index (χ1) is 7.25. The van der Waals surface area contributed by atoms with Crippen LogP contribution in [0.3, 0.4) is 0 Å². The molecule has 2 heterocycles. The number of nitrogens with one attached hydrogen (secondary N) is 2. The van der Waals surface area contributed by atoms with E-state index in [4.69, 9.17) is 0 Å². The van der Waals surface area contributed by atoms with E-state index < -0.39 is 0 Å². The second kappa shape index (κ2) is 4.40. The molecular formula is C11H15N3O. The topological polar surface area (TPSA) is 54.0 Å². The van der Waals surface area contributed by atoms with Crippen molar-refractivity contribution in [1.29, 1.82) is 0 Å². The molecule has 2 rings (SSSR count). The van der Waals surface area contributed by atoms with Gasteiger partial charge in [-0.05, 0) is 44.0 Å². The van der Waals surface area contributed by atoms with Gasteiger partial charge in [0, 0.05) is 6.20 Å². The van der Waals surface area contributed by atoms with Crippen molar-refractivity contribution >= 4 is 11.7 Å². The number of pyridine rings is 1. The summed E-state index contributed by atoms with van der Waals surface area (Å²) in [7, 11) is 0. The molecule has 1 aromatic heterocycles. The number of nitrogens with zero attached hydrogens (tertiary/aromatic N) is 1. The van der Waals surface area contributed by atoms with Gasteiger partial charge in [0.2, 0.25) is 5.91 Å². The number of rotatable bonds is 2. The van der Waals surface area contributed by atoms with Crippen LogP contribution in [0.2, 0.25) is 0 Å². The summed E-state index contributed by atoms with van der Waals surface area (Å²) in [4.78, 5) is 15.8. The lowest BCUT2D eigenvalue weighted by Gasteiger charge is -2.10. The normalized spacial score (nSPS) is 20.2. The molecule has 1 atom stereocenters.